The third-order valence-corrected chi connectivity index (χ3v) is 3.28. The number of hydrogen-bond acceptors (Lipinski definition) is 3. The lowest BCUT2D eigenvalue weighted by atomic mass is 9.95. The van der Waals surface area contributed by atoms with Crippen LogP contribution in [0.4, 0.5) is 0 Å². The Kier molecular flexibility index (Phi) is 4.71. The van der Waals surface area contributed by atoms with Crippen LogP contribution in [0.25, 0.3) is 0 Å². The van der Waals surface area contributed by atoms with Gasteiger partial charge in [-0.3, -0.25) is 4.68 Å². The van der Waals surface area contributed by atoms with Gasteiger partial charge in [0.25, 0.3) is 0 Å². The highest BCUT2D eigenvalue weighted by Crippen LogP contribution is 2.24. The van der Waals surface area contributed by atoms with E-state index in [1.807, 2.05) is 17.9 Å². The van der Waals surface area contributed by atoms with E-state index >= 15 is 0 Å². The molecule has 4 heteroatoms. The fraction of sp³-hybridized carbons (Fsp3) is 0.769. The molecule has 0 spiro atoms. The largest absolute Gasteiger partial charge is 0.379 e. The Morgan fingerprint density at radius 3 is 2.71 bits per heavy atom. The lowest BCUT2D eigenvalue weighted by Crippen LogP contribution is -2.24. The molecule has 0 saturated heterocycles. The lowest BCUT2D eigenvalue weighted by molar-refractivity contribution is 0.0125. The van der Waals surface area contributed by atoms with Gasteiger partial charge in [-0.15, -0.1) is 0 Å². The first-order valence-corrected chi connectivity index (χ1v) is 6.22. The molecular formula is C13H25N3O. The van der Waals surface area contributed by atoms with Crippen LogP contribution in [0.3, 0.4) is 0 Å². The summed E-state index contributed by atoms with van der Waals surface area (Å²) in [6.45, 7) is 6.28. The minimum atomic E-state index is -0.105. The van der Waals surface area contributed by atoms with E-state index in [0.717, 1.165) is 25.0 Å². The maximum absolute atomic E-state index is 6.24. The van der Waals surface area contributed by atoms with Gasteiger partial charge >= 0.3 is 0 Å². The van der Waals surface area contributed by atoms with E-state index in [2.05, 4.69) is 25.9 Å². The Bertz CT molecular complexity index is 358. The van der Waals surface area contributed by atoms with Crippen molar-refractivity contribution in [2.45, 2.75) is 51.7 Å². The van der Waals surface area contributed by atoms with Gasteiger partial charge in [0, 0.05) is 32.0 Å². The number of ether oxygens (including phenoxy) is 1. The number of hydrogen-bond donors (Lipinski definition) is 1. The second-order valence-electron chi connectivity index (χ2n) is 5.17. The zero-order valence-electron chi connectivity index (χ0n) is 11.7. The van der Waals surface area contributed by atoms with E-state index in [1.54, 1.807) is 7.11 Å². The van der Waals surface area contributed by atoms with Gasteiger partial charge in [0.15, 0.2) is 0 Å². The number of rotatable bonds is 6. The second-order valence-corrected chi connectivity index (χ2v) is 5.17. The van der Waals surface area contributed by atoms with Crippen LogP contribution in [0.15, 0.2) is 6.20 Å². The van der Waals surface area contributed by atoms with Gasteiger partial charge in [0.2, 0.25) is 0 Å². The molecule has 0 radical (unpaired) electrons. The molecule has 2 N–H and O–H groups in total. The minimum Gasteiger partial charge on any atom is -0.379 e. The highest BCUT2D eigenvalue weighted by molar-refractivity contribution is 5.21. The van der Waals surface area contributed by atoms with Crippen LogP contribution in [0, 0.1) is 0 Å². The smallest absolute Gasteiger partial charge is 0.0669 e. The predicted octanol–water partition coefficient (Wildman–Crippen LogP) is 2.19. The number of nitrogens with zero attached hydrogens (tertiary/aromatic N) is 2. The molecule has 1 aromatic rings. The lowest BCUT2D eigenvalue weighted by Gasteiger charge is -2.24. The fourth-order valence-electron chi connectivity index (χ4n) is 1.90. The molecule has 1 heterocycles. The summed E-state index contributed by atoms with van der Waals surface area (Å²) in [5.41, 5.74) is 8.41. The monoisotopic (exact) mass is 239 g/mol. The number of aryl methyl sites for hydroxylation is 2. The van der Waals surface area contributed by atoms with E-state index in [1.165, 1.54) is 5.56 Å². The first-order valence-electron chi connectivity index (χ1n) is 6.22. The van der Waals surface area contributed by atoms with Crippen molar-refractivity contribution in [1.82, 2.24) is 9.78 Å². The molecule has 1 rings (SSSR count). The molecule has 0 aliphatic carbocycles. The van der Waals surface area contributed by atoms with E-state index in [0.29, 0.717) is 0 Å². The van der Waals surface area contributed by atoms with Gasteiger partial charge in [0.1, 0.15) is 0 Å². The third kappa shape index (κ3) is 3.82. The molecule has 0 bridgehead atoms. The van der Waals surface area contributed by atoms with Crippen molar-refractivity contribution in [3.05, 3.63) is 17.5 Å². The van der Waals surface area contributed by atoms with Crippen molar-refractivity contribution >= 4 is 0 Å². The van der Waals surface area contributed by atoms with Crippen molar-refractivity contribution in [3.63, 3.8) is 0 Å². The Morgan fingerprint density at radius 2 is 2.18 bits per heavy atom. The van der Waals surface area contributed by atoms with Crippen molar-refractivity contribution < 1.29 is 4.74 Å². The fourth-order valence-corrected chi connectivity index (χ4v) is 1.90. The van der Waals surface area contributed by atoms with Crippen LogP contribution in [-0.4, -0.2) is 22.5 Å². The molecule has 0 saturated carbocycles. The topological polar surface area (TPSA) is 53.1 Å². The first kappa shape index (κ1) is 14.2. The molecule has 0 aliphatic heterocycles. The molecule has 17 heavy (non-hydrogen) atoms. The maximum atomic E-state index is 6.24. The van der Waals surface area contributed by atoms with Gasteiger partial charge in [0.05, 0.1) is 11.3 Å². The van der Waals surface area contributed by atoms with Crippen molar-refractivity contribution in [3.8, 4) is 0 Å². The summed E-state index contributed by atoms with van der Waals surface area (Å²) in [4.78, 5) is 0. The Hall–Kier alpha value is -0.870. The second kappa shape index (κ2) is 5.65. The van der Waals surface area contributed by atoms with Crippen LogP contribution >= 0.6 is 0 Å². The summed E-state index contributed by atoms with van der Waals surface area (Å²) >= 11 is 0. The number of methoxy groups -OCH3 is 1. The zero-order valence-corrected chi connectivity index (χ0v) is 11.7. The van der Waals surface area contributed by atoms with Gasteiger partial charge in [-0.2, -0.15) is 5.10 Å². The Labute approximate surface area is 104 Å². The summed E-state index contributed by atoms with van der Waals surface area (Å²) in [5, 5.41) is 4.42. The summed E-state index contributed by atoms with van der Waals surface area (Å²) in [5.74, 6) is 0. The van der Waals surface area contributed by atoms with Crippen LogP contribution in [-0.2, 0) is 18.2 Å². The predicted molar refractivity (Wildman–Crippen MR) is 69.8 cm³/mol. The van der Waals surface area contributed by atoms with E-state index in [-0.39, 0.29) is 11.6 Å². The van der Waals surface area contributed by atoms with Gasteiger partial charge in [-0.1, -0.05) is 6.92 Å². The van der Waals surface area contributed by atoms with Crippen molar-refractivity contribution in [1.29, 1.82) is 0 Å². The van der Waals surface area contributed by atoms with E-state index in [4.69, 9.17) is 10.5 Å². The quantitative estimate of drug-likeness (QED) is 0.828. The molecule has 1 atom stereocenters. The summed E-state index contributed by atoms with van der Waals surface area (Å²) in [7, 11) is 3.68. The van der Waals surface area contributed by atoms with Crippen LogP contribution in [0.1, 0.15) is 50.9 Å². The van der Waals surface area contributed by atoms with Gasteiger partial charge < -0.3 is 10.5 Å². The number of nitrogens with two attached hydrogens (primary N) is 1. The summed E-state index contributed by atoms with van der Waals surface area (Å²) < 4.78 is 7.25. The molecule has 0 aromatic carbocycles. The van der Waals surface area contributed by atoms with Gasteiger partial charge in [-0.25, -0.2) is 0 Å². The van der Waals surface area contributed by atoms with Crippen LogP contribution in [0.5, 0.6) is 0 Å². The zero-order chi connectivity index (χ0) is 13.1. The van der Waals surface area contributed by atoms with E-state index in [9.17, 15) is 0 Å². The van der Waals surface area contributed by atoms with Crippen LogP contribution in [0.2, 0.25) is 0 Å². The minimum absolute atomic E-state index is 0.0491. The highest BCUT2D eigenvalue weighted by Gasteiger charge is 2.20. The summed E-state index contributed by atoms with van der Waals surface area (Å²) in [6.07, 6.45) is 4.82. The van der Waals surface area contributed by atoms with Crippen LogP contribution < -0.4 is 5.73 Å². The molecule has 0 aliphatic rings. The average Bonchev–Trinajstić information content (AvgIpc) is 2.67. The Balaban J connectivity index is 2.66. The third-order valence-electron chi connectivity index (χ3n) is 3.28. The number of aromatic nitrogens is 2. The summed E-state index contributed by atoms with van der Waals surface area (Å²) in [6, 6.07) is 0.0491. The van der Waals surface area contributed by atoms with E-state index < -0.39 is 0 Å². The molecular weight excluding hydrogens is 214 g/mol. The molecule has 1 aromatic heterocycles. The average molecular weight is 239 g/mol. The molecule has 98 valence electrons. The molecule has 4 nitrogen and oxygen atoms in total. The normalized spacial score (nSPS) is 14.0. The Morgan fingerprint density at radius 1 is 1.53 bits per heavy atom. The standard InChI is InChI=1S/C13H25N3O/c1-6-12-10(9-16(4)15-12)11(14)7-8-13(2,3)17-5/h9,11H,6-8,14H2,1-5H3. The molecule has 0 amide bonds. The SMILES string of the molecule is CCc1nn(C)cc1C(N)CCC(C)(C)OC. The van der Waals surface area contributed by atoms with Crippen molar-refractivity contribution in [2.24, 2.45) is 12.8 Å². The maximum Gasteiger partial charge on any atom is 0.0669 e. The molecule has 1 unspecified atom stereocenters. The first-order chi connectivity index (χ1) is 7.89. The molecule has 0 fully saturated rings. The highest BCUT2D eigenvalue weighted by atomic mass is 16.5. The van der Waals surface area contributed by atoms with Gasteiger partial charge in [-0.05, 0) is 33.1 Å². The van der Waals surface area contributed by atoms with Crippen molar-refractivity contribution in [2.75, 3.05) is 7.11 Å².